The monoisotopic (exact) mass is 261 g/mol. The molecule has 4 heteroatoms. The van der Waals surface area contributed by atoms with Crippen molar-refractivity contribution in [2.45, 2.75) is 25.7 Å². The van der Waals surface area contributed by atoms with Gasteiger partial charge in [0, 0.05) is 17.5 Å². The largest absolute Gasteiger partial charge is 0.481 e. The Morgan fingerprint density at radius 1 is 1.39 bits per heavy atom. The number of carbonyl (C=O) groups is 1. The van der Waals surface area contributed by atoms with Gasteiger partial charge in [-0.1, -0.05) is 31.2 Å². The summed E-state index contributed by atoms with van der Waals surface area (Å²) < 4.78 is 0. The maximum absolute atomic E-state index is 11.0. The van der Waals surface area contributed by atoms with Gasteiger partial charge in [-0.15, -0.1) is 11.3 Å². The molecule has 1 heterocycles. The highest BCUT2D eigenvalue weighted by Crippen LogP contribution is 2.29. The molecule has 1 aromatic heterocycles. The molecule has 0 radical (unpaired) electrons. The fourth-order valence-electron chi connectivity index (χ4n) is 1.91. The summed E-state index contributed by atoms with van der Waals surface area (Å²) in [4.78, 5) is 15.2. The number of thiazole rings is 1. The molecule has 0 bridgehead atoms. The highest BCUT2D eigenvalue weighted by atomic mass is 32.1. The number of aromatic nitrogens is 1. The molecule has 0 fully saturated rings. The zero-order valence-corrected chi connectivity index (χ0v) is 11.0. The first-order chi connectivity index (χ1) is 8.70. The number of rotatable bonds is 5. The van der Waals surface area contributed by atoms with Crippen molar-refractivity contribution in [3.05, 3.63) is 52.0 Å². The molecule has 1 unspecified atom stereocenters. The van der Waals surface area contributed by atoms with Gasteiger partial charge in [0.15, 0.2) is 0 Å². The van der Waals surface area contributed by atoms with Crippen LogP contribution in [-0.4, -0.2) is 16.1 Å². The van der Waals surface area contributed by atoms with E-state index in [-0.39, 0.29) is 12.3 Å². The average Bonchev–Trinajstić information content (AvgIpc) is 2.89. The minimum atomic E-state index is -0.797. The Morgan fingerprint density at radius 2 is 2.11 bits per heavy atom. The Labute approximate surface area is 110 Å². The summed E-state index contributed by atoms with van der Waals surface area (Å²) in [6.45, 7) is 2.10. The summed E-state index contributed by atoms with van der Waals surface area (Å²) in [5.74, 6) is -0.942. The Kier molecular flexibility index (Phi) is 4.10. The van der Waals surface area contributed by atoms with Crippen LogP contribution in [0, 0.1) is 0 Å². The molecule has 0 aliphatic rings. The lowest BCUT2D eigenvalue weighted by atomic mass is 9.95. The molecule has 0 aliphatic carbocycles. The number of aryl methyl sites for hydroxylation is 1. The second kappa shape index (κ2) is 5.78. The summed E-state index contributed by atoms with van der Waals surface area (Å²) in [5.41, 5.74) is 2.27. The molecule has 0 spiro atoms. The first-order valence-electron chi connectivity index (χ1n) is 5.90. The summed E-state index contributed by atoms with van der Waals surface area (Å²) in [5, 5.41) is 11.8. The molecule has 0 saturated carbocycles. The number of hydrogen-bond acceptors (Lipinski definition) is 3. The van der Waals surface area contributed by atoms with E-state index in [0.717, 1.165) is 17.0 Å². The van der Waals surface area contributed by atoms with Gasteiger partial charge in [-0.2, -0.15) is 0 Å². The number of nitrogens with zero attached hydrogens (tertiary/aromatic N) is 1. The van der Waals surface area contributed by atoms with Crippen LogP contribution in [0.3, 0.4) is 0 Å². The molecule has 0 amide bonds. The van der Waals surface area contributed by atoms with Crippen molar-refractivity contribution in [3.63, 3.8) is 0 Å². The first kappa shape index (κ1) is 12.8. The molecule has 94 valence electrons. The van der Waals surface area contributed by atoms with Crippen LogP contribution >= 0.6 is 11.3 Å². The first-order valence-corrected chi connectivity index (χ1v) is 6.78. The number of hydrogen-bond donors (Lipinski definition) is 1. The predicted octanol–water partition coefficient (Wildman–Crippen LogP) is 3.31. The van der Waals surface area contributed by atoms with Crippen LogP contribution in [0.4, 0.5) is 0 Å². The van der Waals surface area contributed by atoms with Crippen molar-refractivity contribution >= 4 is 17.3 Å². The SMILES string of the molecule is CCc1ccc(C(CC(=O)O)c2nccs2)cc1. The van der Waals surface area contributed by atoms with E-state index in [0.29, 0.717) is 0 Å². The van der Waals surface area contributed by atoms with Crippen molar-refractivity contribution in [2.75, 3.05) is 0 Å². The lowest BCUT2D eigenvalue weighted by Gasteiger charge is -2.13. The van der Waals surface area contributed by atoms with E-state index >= 15 is 0 Å². The second-order valence-corrected chi connectivity index (χ2v) is 5.04. The summed E-state index contributed by atoms with van der Waals surface area (Å²) in [6.07, 6.45) is 2.79. The molecule has 2 aromatic rings. The Balaban J connectivity index is 2.30. The predicted molar refractivity (Wildman–Crippen MR) is 72.0 cm³/mol. The van der Waals surface area contributed by atoms with Gasteiger partial charge in [0.1, 0.15) is 5.01 Å². The normalized spacial score (nSPS) is 12.3. The highest BCUT2D eigenvalue weighted by Gasteiger charge is 2.19. The summed E-state index contributed by atoms with van der Waals surface area (Å²) in [7, 11) is 0. The molecule has 2 rings (SSSR count). The van der Waals surface area contributed by atoms with Crippen LogP contribution in [0.25, 0.3) is 0 Å². The molecule has 0 saturated heterocycles. The maximum Gasteiger partial charge on any atom is 0.304 e. The lowest BCUT2D eigenvalue weighted by molar-refractivity contribution is -0.137. The van der Waals surface area contributed by atoms with Crippen molar-refractivity contribution in [1.29, 1.82) is 0 Å². The smallest absolute Gasteiger partial charge is 0.304 e. The van der Waals surface area contributed by atoms with Crippen molar-refractivity contribution in [1.82, 2.24) is 4.98 Å². The molecular formula is C14H15NO2S. The number of aliphatic carboxylic acids is 1. The lowest BCUT2D eigenvalue weighted by Crippen LogP contribution is -2.07. The van der Waals surface area contributed by atoms with Crippen LogP contribution in [0.1, 0.15) is 35.4 Å². The third-order valence-corrected chi connectivity index (χ3v) is 3.81. The average molecular weight is 261 g/mol. The van der Waals surface area contributed by atoms with Gasteiger partial charge >= 0.3 is 5.97 Å². The van der Waals surface area contributed by atoms with Gasteiger partial charge < -0.3 is 5.11 Å². The molecule has 1 aromatic carbocycles. The molecular weight excluding hydrogens is 246 g/mol. The molecule has 1 N–H and O–H groups in total. The van der Waals surface area contributed by atoms with E-state index in [9.17, 15) is 4.79 Å². The van der Waals surface area contributed by atoms with Gasteiger partial charge in [0.2, 0.25) is 0 Å². The zero-order chi connectivity index (χ0) is 13.0. The Bertz CT molecular complexity index is 505. The van der Waals surface area contributed by atoms with E-state index in [1.54, 1.807) is 6.20 Å². The molecule has 3 nitrogen and oxygen atoms in total. The number of carboxylic acid groups (broad SMARTS) is 1. The van der Waals surface area contributed by atoms with E-state index in [1.807, 2.05) is 17.5 Å². The standard InChI is InChI=1S/C14H15NO2S/c1-2-10-3-5-11(6-4-10)12(9-13(16)17)14-15-7-8-18-14/h3-8,12H,2,9H2,1H3,(H,16,17). The van der Waals surface area contributed by atoms with Gasteiger partial charge in [-0.05, 0) is 17.5 Å². The van der Waals surface area contributed by atoms with Crippen LogP contribution < -0.4 is 0 Å². The molecule has 1 atom stereocenters. The van der Waals surface area contributed by atoms with Crippen LogP contribution in [0.2, 0.25) is 0 Å². The second-order valence-electron chi connectivity index (χ2n) is 4.12. The number of benzene rings is 1. The van der Waals surface area contributed by atoms with Crippen LogP contribution in [0.15, 0.2) is 35.8 Å². The van der Waals surface area contributed by atoms with E-state index < -0.39 is 5.97 Å². The minimum absolute atomic E-state index is 0.0823. The summed E-state index contributed by atoms with van der Waals surface area (Å²) >= 11 is 1.50. The topological polar surface area (TPSA) is 50.2 Å². The molecule has 0 aliphatic heterocycles. The van der Waals surface area contributed by atoms with Gasteiger partial charge in [-0.3, -0.25) is 4.79 Å². The van der Waals surface area contributed by atoms with E-state index in [4.69, 9.17) is 5.11 Å². The zero-order valence-electron chi connectivity index (χ0n) is 10.2. The van der Waals surface area contributed by atoms with Crippen molar-refractivity contribution < 1.29 is 9.90 Å². The van der Waals surface area contributed by atoms with Gasteiger partial charge in [0.05, 0.1) is 6.42 Å². The third kappa shape index (κ3) is 2.96. The quantitative estimate of drug-likeness (QED) is 0.898. The number of carboxylic acids is 1. The van der Waals surface area contributed by atoms with Crippen LogP contribution in [0.5, 0.6) is 0 Å². The fourth-order valence-corrected chi connectivity index (χ4v) is 2.68. The Morgan fingerprint density at radius 3 is 2.61 bits per heavy atom. The van der Waals surface area contributed by atoms with Crippen molar-refractivity contribution in [3.8, 4) is 0 Å². The highest BCUT2D eigenvalue weighted by molar-refractivity contribution is 7.09. The summed E-state index contributed by atoms with van der Waals surface area (Å²) in [6, 6.07) is 8.12. The van der Waals surface area contributed by atoms with Crippen molar-refractivity contribution in [2.24, 2.45) is 0 Å². The minimum Gasteiger partial charge on any atom is -0.481 e. The molecule has 18 heavy (non-hydrogen) atoms. The fraction of sp³-hybridized carbons (Fsp3) is 0.286. The maximum atomic E-state index is 11.0. The van der Waals surface area contributed by atoms with Gasteiger partial charge in [0.25, 0.3) is 0 Å². The van der Waals surface area contributed by atoms with E-state index in [1.165, 1.54) is 16.9 Å². The van der Waals surface area contributed by atoms with E-state index in [2.05, 4.69) is 24.0 Å². The van der Waals surface area contributed by atoms with Gasteiger partial charge in [-0.25, -0.2) is 4.98 Å². The third-order valence-electron chi connectivity index (χ3n) is 2.92. The Hall–Kier alpha value is -1.68. The van der Waals surface area contributed by atoms with Crippen LogP contribution in [-0.2, 0) is 11.2 Å².